The first-order valence-electron chi connectivity index (χ1n) is 9.51. The predicted molar refractivity (Wildman–Crippen MR) is 105 cm³/mol. The van der Waals surface area contributed by atoms with Crippen LogP contribution in [0.3, 0.4) is 0 Å². The van der Waals surface area contributed by atoms with Crippen LogP contribution >= 0.6 is 0 Å². The second kappa shape index (κ2) is 10.2. The summed E-state index contributed by atoms with van der Waals surface area (Å²) in [6, 6.07) is 0. The molecule has 6 nitrogen and oxygen atoms in total. The average molecular weight is 401 g/mol. The molecule has 1 aliphatic rings. The molecular formula is C20H32O6S. The Morgan fingerprint density at radius 1 is 1.19 bits per heavy atom. The van der Waals surface area contributed by atoms with Gasteiger partial charge >= 0.3 is 5.97 Å². The number of hydrogen-bond acceptors (Lipinski definition) is 6. The van der Waals surface area contributed by atoms with Gasteiger partial charge in [0.1, 0.15) is 4.91 Å². The Balaban J connectivity index is 2.72. The number of Topliss-reactive ketones (excluding diaryl/α,β-unsaturated/α-hetero) is 1. The second-order valence-electron chi connectivity index (χ2n) is 7.49. The lowest BCUT2D eigenvalue weighted by Crippen LogP contribution is -2.45. The molecule has 2 atom stereocenters. The number of hydrogen-bond donors (Lipinski definition) is 1. The van der Waals surface area contributed by atoms with Crippen LogP contribution in [0, 0.1) is 0 Å². The number of ether oxygens (including phenoxy) is 1. The Hall–Kier alpha value is -1.47. The summed E-state index contributed by atoms with van der Waals surface area (Å²) in [6.07, 6.45) is 10.2. The van der Waals surface area contributed by atoms with Crippen LogP contribution in [-0.2, 0) is 24.2 Å². The minimum Gasteiger partial charge on any atom is -0.446 e. The van der Waals surface area contributed by atoms with E-state index in [4.69, 9.17) is 4.74 Å². The van der Waals surface area contributed by atoms with E-state index < -0.39 is 27.2 Å². The highest BCUT2D eigenvalue weighted by atomic mass is 32.2. The summed E-state index contributed by atoms with van der Waals surface area (Å²) in [5, 5.41) is 9.24. The van der Waals surface area contributed by atoms with Crippen molar-refractivity contribution in [3.8, 4) is 0 Å². The van der Waals surface area contributed by atoms with Crippen LogP contribution in [0.4, 0.5) is 0 Å². The fourth-order valence-corrected chi connectivity index (χ4v) is 4.24. The van der Waals surface area contributed by atoms with Crippen molar-refractivity contribution < 1.29 is 27.9 Å². The molecule has 0 fully saturated rings. The topological polar surface area (TPSA) is 97.7 Å². The van der Waals surface area contributed by atoms with Crippen LogP contribution in [0.1, 0.15) is 72.1 Å². The van der Waals surface area contributed by atoms with Gasteiger partial charge in [-0.25, -0.2) is 8.42 Å². The van der Waals surface area contributed by atoms with E-state index in [0.29, 0.717) is 12.0 Å². The molecule has 154 valence electrons. The van der Waals surface area contributed by atoms with E-state index in [-0.39, 0.29) is 17.4 Å². The molecule has 0 aromatic heterocycles. The number of allylic oxidation sites excluding steroid dienone is 2. The van der Waals surface area contributed by atoms with Crippen LogP contribution in [0.15, 0.2) is 22.6 Å². The molecule has 0 amide bonds. The highest BCUT2D eigenvalue weighted by molar-refractivity contribution is 7.95. The molecule has 0 saturated carbocycles. The van der Waals surface area contributed by atoms with Gasteiger partial charge in [0.25, 0.3) is 0 Å². The van der Waals surface area contributed by atoms with Gasteiger partial charge in [-0.3, -0.25) is 9.59 Å². The van der Waals surface area contributed by atoms with Gasteiger partial charge < -0.3 is 9.84 Å². The van der Waals surface area contributed by atoms with E-state index in [1.54, 1.807) is 19.9 Å². The summed E-state index contributed by atoms with van der Waals surface area (Å²) in [5.41, 5.74) is -0.940. The smallest absolute Gasteiger partial charge is 0.303 e. The quantitative estimate of drug-likeness (QED) is 0.422. The first kappa shape index (κ1) is 23.6. The number of esters is 1. The third-order valence-electron chi connectivity index (χ3n) is 4.57. The predicted octanol–water partition coefficient (Wildman–Crippen LogP) is 3.25. The van der Waals surface area contributed by atoms with Gasteiger partial charge in [0.2, 0.25) is 5.78 Å². The number of aliphatic hydroxyl groups is 1. The molecule has 27 heavy (non-hydrogen) atoms. The van der Waals surface area contributed by atoms with Crippen LogP contribution in [-0.4, -0.2) is 43.2 Å². The fourth-order valence-electron chi connectivity index (χ4n) is 3.33. The van der Waals surface area contributed by atoms with E-state index in [0.717, 1.165) is 44.8 Å². The molecular weight excluding hydrogens is 368 g/mol. The summed E-state index contributed by atoms with van der Waals surface area (Å²) in [5.74, 6) is -1.27. The van der Waals surface area contributed by atoms with E-state index in [9.17, 15) is 23.1 Å². The number of aliphatic hydroxyl groups excluding tert-OH is 1. The highest BCUT2D eigenvalue weighted by Gasteiger charge is 2.45. The number of ketones is 1. The molecule has 1 N–H and O–H groups in total. The lowest BCUT2D eigenvalue weighted by atomic mass is 9.85. The van der Waals surface area contributed by atoms with Gasteiger partial charge in [-0.2, -0.15) is 0 Å². The molecule has 0 bridgehead atoms. The van der Waals surface area contributed by atoms with E-state index in [1.165, 1.54) is 13.0 Å². The van der Waals surface area contributed by atoms with Gasteiger partial charge in [0, 0.05) is 13.2 Å². The molecule has 0 aromatic rings. The van der Waals surface area contributed by atoms with Crippen molar-refractivity contribution in [3.63, 3.8) is 0 Å². The van der Waals surface area contributed by atoms with Crippen LogP contribution in [0.25, 0.3) is 0 Å². The summed E-state index contributed by atoms with van der Waals surface area (Å²) in [6.45, 7) is 4.70. The van der Waals surface area contributed by atoms with Crippen molar-refractivity contribution in [2.24, 2.45) is 0 Å². The molecule has 0 heterocycles. The fraction of sp³-hybridized carbons (Fsp3) is 0.700. The zero-order valence-corrected chi connectivity index (χ0v) is 17.6. The van der Waals surface area contributed by atoms with Gasteiger partial charge in [-0.15, -0.1) is 0 Å². The summed E-state index contributed by atoms with van der Waals surface area (Å²) in [4.78, 5) is 24.1. The maximum Gasteiger partial charge on any atom is 0.303 e. The SMILES string of the molecule is CC(=O)OC1(CCCCCCCCC(C)O)C=C(C)C=C(S(C)(=O)=O)C1=O. The van der Waals surface area contributed by atoms with Crippen molar-refractivity contribution in [2.75, 3.05) is 6.26 Å². The third kappa shape index (κ3) is 7.58. The van der Waals surface area contributed by atoms with E-state index in [1.807, 2.05) is 0 Å². The summed E-state index contributed by atoms with van der Waals surface area (Å²) >= 11 is 0. The standard InChI is InChI=1S/C20H32O6S/c1-15-13-18(27(4,24)25)19(23)20(14-15,26-17(3)22)12-10-8-6-5-7-9-11-16(2)21/h13-14,16,21H,5-12H2,1-4H3. The zero-order valence-electron chi connectivity index (χ0n) is 16.8. The first-order chi connectivity index (χ1) is 12.5. The zero-order chi connectivity index (χ0) is 20.7. The van der Waals surface area contributed by atoms with E-state index in [2.05, 4.69) is 0 Å². The monoisotopic (exact) mass is 400 g/mol. The van der Waals surface area contributed by atoms with Crippen molar-refractivity contribution >= 4 is 21.6 Å². The number of carbonyl (C=O) groups is 2. The molecule has 7 heteroatoms. The minimum atomic E-state index is -3.71. The third-order valence-corrected chi connectivity index (χ3v) is 5.68. The van der Waals surface area contributed by atoms with Crippen LogP contribution < -0.4 is 0 Å². The molecule has 2 unspecified atom stereocenters. The minimum absolute atomic E-state index is 0.266. The Morgan fingerprint density at radius 2 is 1.74 bits per heavy atom. The summed E-state index contributed by atoms with van der Waals surface area (Å²) < 4.78 is 29.3. The van der Waals surface area contributed by atoms with Gasteiger partial charge in [0.05, 0.1) is 6.10 Å². The summed E-state index contributed by atoms with van der Waals surface area (Å²) in [7, 11) is -3.71. The van der Waals surface area contributed by atoms with E-state index >= 15 is 0 Å². The molecule has 1 rings (SSSR count). The Labute approximate surface area is 162 Å². The van der Waals surface area contributed by atoms with Gasteiger partial charge in [-0.05, 0) is 50.8 Å². The highest BCUT2D eigenvalue weighted by Crippen LogP contribution is 2.33. The van der Waals surface area contributed by atoms with Crippen molar-refractivity contribution in [1.82, 2.24) is 0 Å². The normalized spacial score (nSPS) is 21.4. The number of sulfone groups is 1. The van der Waals surface area contributed by atoms with Crippen molar-refractivity contribution in [2.45, 2.75) is 83.8 Å². The average Bonchev–Trinajstić information content (AvgIpc) is 2.51. The number of rotatable bonds is 11. The van der Waals surface area contributed by atoms with Crippen LogP contribution in [0.5, 0.6) is 0 Å². The molecule has 0 aliphatic heterocycles. The number of carbonyl (C=O) groups excluding carboxylic acids is 2. The maximum atomic E-state index is 12.9. The van der Waals surface area contributed by atoms with Gasteiger partial charge in [0.15, 0.2) is 15.4 Å². The Kier molecular flexibility index (Phi) is 8.88. The maximum absolute atomic E-state index is 12.9. The molecule has 0 radical (unpaired) electrons. The Bertz CT molecular complexity index is 702. The van der Waals surface area contributed by atoms with Gasteiger partial charge in [-0.1, -0.05) is 32.1 Å². The molecule has 0 aromatic carbocycles. The Morgan fingerprint density at radius 3 is 2.26 bits per heavy atom. The lowest BCUT2D eigenvalue weighted by Gasteiger charge is -2.32. The second-order valence-corrected chi connectivity index (χ2v) is 9.47. The lowest BCUT2D eigenvalue weighted by molar-refractivity contribution is -0.159. The first-order valence-corrected chi connectivity index (χ1v) is 11.4. The van der Waals surface area contributed by atoms with Crippen molar-refractivity contribution in [1.29, 1.82) is 0 Å². The number of unbranched alkanes of at least 4 members (excludes halogenated alkanes) is 5. The molecule has 1 aliphatic carbocycles. The molecule has 0 spiro atoms. The van der Waals surface area contributed by atoms with Crippen LogP contribution in [0.2, 0.25) is 0 Å². The largest absolute Gasteiger partial charge is 0.446 e. The van der Waals surface area contributed by atoms with Crippen molar-refractivity contribution in [3.05, 3.63) is 22.6 Å². The molecule has 0 saturated heterocycles.